The average molecular weight is 899 g/mol. The molecule has 0 aliphatic rings. The first-order valence-corrected chi connectivity index (χ1v) is 18.4. The van der Waals surface area contributed by atoms with Crippen molar-refractivity contribution in [3.05, 3.63) is 188 Å². The molecule has 0 atom stereocenters. The summed E-state index contributed by atoms with van der Waals surface area (Å²) in [6, 6.07) is 64.4. The number of nitrogens with zero attached hydrogens (tertiary/aromatic N) is 4. The standard InChI is InChI=1S/C50H31N4O.Pt/c55-47-24-8-5-18-43(47)50-52-49-40(20-10-23-46(49)54(50)37-26-25-32-12-1-2-13-34(32)29-37)36-28-35(39-19-9-14-33-15-11-27-51-48(33)39)30-38(31-36)53-44-21-6-3-16-41(44)42-17-4-7-22-45(42)53;/h1-27,29-31,55H;/q-1;. The monoisotopic (exact) mass is 898 g/mol. The minimum atomic E-state index is 0. The van der Waals surface area contributed by atoms with Crippen molar-refractivity contribution in [1.82, 2.24) is 19.1 Å². The van der Waals surface area contributed by atoms with Crippen LogP contribution < -0.4 is 0 Å². The van der Waals surface area contributed by atoms with E-state index >= 15 is 0 Å². The van der Waals surface area contributed by atoms with Crippen LogP contribution in [0.25, 0.3) is 99.5 Å². The summed E-state index contributed by atoms with van der Waals surface area (Å²) < 4.78 is 4.51. The number of imidazole rings is 1. The van der Waals surface area contributed by atoms with E-state index in [1.807, 2.05) is 30.5 Å². The molecule has 11 rings (SSSR count). The van der Waals surface area contributed by atoms with E-state index < -0.39 is 0 Å². The summed E-state index contributed by atoms with van der Waals surface area (Å²) in [5.74, 6) is 0.833. The molecule has 0 bridgehead atoms. The maximum absolute atomic E-state index is 11.2. The normalized spacial score (nSPS) is 11.5. The van der Waals surface area contributed by atoms with Gasteiger partial charge < -0.3 is 9.67 Å². The third-order valence-electron chi connectivity index (χ3n) is 10.7. The van der Waals surface area contributed by atoms with Crippen LogP contribution in [0.4, 0.5) is 0 Å². The second-order valence-electron chi connectivity index (χ2n) is 13.9. The number of para-hydroxylation sites is 5. The fraction of sp³-hybridized carbons (Fsp3) is 0. The van der Waals surface area contributed by atoms with Crippen molar-refractivity contribution >= 4 is 54.5 Å². The van der Waals surface area contributed by atoms with Crippen LogP contribution in [0.15, 0.2) is 182 Å². The zero-order valence-electron chi connectivity index (χ0n) is 29.9. The van der Waals surface area contributed by atoms with Crippen LogP contribution in [0.1, 0.15) is 0 Å². The summed E-state index contributed by atoms with van der Waals surface area (Å²) in [6.07, 6.45) is 1.85. The molecular formula is C50H31N4OPt-. The van der Waals surface area contributed by atoms with Gasteiger partial charge in [-0.05, 0) is 70.4 Å². The van der Waals surface area contributed by atoms with Crippen molar-refractivity contribution in [3.63, 3.8) is 0 Å². The molecule has 0 unspecified atom stereocenters. The van der Waals surface area contributed by atoms with Gasteiger partial charge in [0.05, 0.1) is 27.6 Å². The van der Waals surface area contributed by atoms with Gasteiger partial charge in [-0.25, -0.2) is 4.98 Å². The molecule has 3 aromatic heterocycles. The molecule has 0 saturated heterocycles. The van der Waals surface area contributed by atoms with Gasteiger partial charge in [0.25, 0.3) is 0 Å². The zero-order chi connectivity index (χ0) is 36.5. The van der Waals surface area contributed by atoms with Gasteiger partial charge in [-0.3, -0.25) is 9.55 Å². The smallest absolute Gasteiger partial charge is 0.148 e. The molecule has 3 heterocycles. The summed E-state index contributed by atoms with van der Waals surface area (Å²) in [5.41, 5.74) is 11.3. The van der Waals surface area contributed by atoms with Crippen LogP contribution in [-0.4, -0.2) is 24.2 Å². The Labute approximate surface area is 337 Å². The van der Waals surface area contributed by atoms with Gasteiger partial charge >= 0.3 is 0 Å². The Morgan fingerprint density at radius 1 is 0.446 bits per heavy atom. The average Bonchev–Trinajstić information content (AvgIpc) is 3.80. The number of aromatic nitrogens is 4. The largest absolute Gasteiger partial charge is 0.507 e. The minimum Gasteiger partial charge on any atom is -0.507 e. The number of hydrogen-bond donors (Lipinski definition) is 1. The molecule has 0 aliphatic heterocycles. The first kappa shape index (κ1) is 33.7. The van der Waals surface area contributed by atoms with E-state index in [0.717, 1.165) is 77.4 Å². The van der Waals surface area contributed by atoms with Gasteiger partial charge in [-0.2, -0.15) is 0 Å². The first-order valence-electron chi connectivity index (χ1n) is 18.4. The molecule has 5 nitrogen and oxygen atoms in total. The van der Waals surface area contributed by atoms with Crippen molar-refractivity contribution in [2.45, 2.75) is 0 Å². The second kappa shape index (κ2) is 13.5. The minimum absolute atomic E-state index is 0. The van der Waals surface area contributed by atoms with Crippen molar-refractivity contribution in [2.24, 2.45) is 0 Å². The van der Waals surface area contributed by atoms with Gasteiger partial charge in [0.15, 0.2) is 0 Å². The van der Waals surface area contributed by atoms with Crippen molar-refractivity contribution in [1.29, 1.82) is 0 Å². The van der Waals surface area contributed by atoms with Crippen molar-refractivity contribution < 1.29 is 26.2 Å². The fourth-order valence-corrected chi connectivity index (χ4v) is 8.23. The molecule has 0 saturated carbocycles. The predicted octanol–water partition coefficient (Wildman–Crippen LogP) is 12.3. The summed E-state index contributed by atoms with van der Waals surface area (Å²) in [7, 11) is 0. The van der Waals surface area contributed by atoms with E-state index in [-0.39, 0.29) is 26.8 Å². The van der Waals surface area contributed by atoms with Crippen molar-refractivity contribution in [3.8, 4) is 50.8 Å². The van der Waals surface area contributed by atoms with Crippen LogP contribution in [-0.2, 0) is 21.1 Å². The van der Waals surface area contributed by atoms with E-state index in [1.54, 1.807) is 6.07 Å². The van der Waals surface area contributed by atoms with E-state index in [9.17, 15) is 5.11 Å². The maximum atomic E-state index is 11.2. The van der Waals surface area contributed by atoms with Crippen molar-refractivity contribution in [2.75, 3.05) is 0 Å². The quantitative estimate of drug-likeness (QED) is 0.175. The summed E-state index contributed by atoms with van der Waals surface area (Å²) in [4.78, 5) is 10.2. The van der Waals surface area contributed by atoms with Crippen LogP contribution in [0.2, 0.25) is 0 Å². The van der Waals surface area contributed by atoms with Crippen LogP contribution in [0.3, 0.4) is 0 Å². The Morgan fingerprint density at radius 3 is 1.80 bits per heavy atom. The molecular weight excluding hydrogens is 868 g/mol. The summed E-state index contributed by atoms with van der Waals surface area (Å²) in [6.45, 7) is 0. The molecule has 0 aliphatic carbocycles. The van der Waals surface area contributed by atoms with Gasteiger partial charge in [0.1, 0.15) is 11.6 Å². The van der Waals surface area contributed by atoms with Gasteiger partial charge in [0, 0.05) is 49.2 Å². The Hall–Kier alpha value is -6.81. The number of phenols is 1. The van der Waals surface area contributed by atoms with Gasteiger partial charge in [-0.1, -0.05) is 126 Å². The first-order chi connectivity index (χ1) is 27.2. The number of pyridine rings is 1. The van der Waals surface area contributed by atoms with E-state index in [4.69, 9.17) is 9.97 Å². The maximum Gasteiger partial charge on any atom is 0.148 e. The Bertz CT molecular complexity index is 3250. The number of aromatic hydroxyl groups is 1. The van der Waals surface area contributed by atoms with E-state index in [0.29, 0.717) is 11.4 Å². The number of benzene rings is 8. The number of rotatable bonds is 5. The molecule has 268 valence electrons. The molecule has 0 fully saturated rings. The third-order valence-corrected chi connectivity index (χ3v) is 10.7. The van der Waals surface area contributed by atoms with Gasteiger partial charge in [-0.15, -0.1) is 29.3 Å². The topological polar surface area (TPSA) is 55.9 Å². The Morgan fingerprint density at radius 2 is 1.04 bits per heavy atom. The van der Waals surface area contributed by atoms with E-state index in [1.165, 1.54) is 10.8 Å². The SMILES string of the molecule is Oc1ccccc1-c1nc2c(-c3[c-]c(-c4cccc5cccnc45)cc(-n4c5ccccc5c5ccccc54)c3)cccc2n1-c1ccc2ccccc2c1.[Pt]. The molecule has 0 amide bonds. The van der Waals surface area contributed by atoms with Crippen LogP contribution in [0.5, 0.6) is 5.75 Å². The van der Waals surface area contributed by atoms with Crippen LogP contribution >= 0.6 is 0 Å². The molecule has 8 aromatic carbocycles. The fourth-order valence-electron chi connectivity index (χ4n) is 8.23. The number of hydrogen-bond acceptors (Lipinski definition) is 3. The second-order valence-corrected chi connectivity index (χ2v) is 13.9. The molecule has 1 N–H and O–H groups in total. The molecule has 6 heteroatoms. The summed E-state index contributed by atoms with van der Waals surface area (Å²) in [5, 5.41) is 17.0. The van der Waals surface area contributed by atoms with Crippen LogP contribution in [0, 0.1) is 6.07 Å². The molecule has 56 heavy (non-hydrogen) atoms. The predicted molar refractivity (Wildman–Crippen MR) is 225 cm³/mol. The van der Waals surface area contributed by atoms with Gasteiger partial charge in [0.2, 0.25) is 0 Å². The van der Waals surface area contributed by atoms with E-state index in [2.05, 4.69) is 161 Å². The summed E-state index contributed by atoms with van der Waals surface area (Å²) >= 11 is 0. The Kier molecular flexibility index (Phi) is 8.13. The molecule has 11 aromatic rings. The Balaban J connectivity index is 0.00000384. The number of phenolic OH excluding ortho intramolecular Hbond substituents is 1. The zero-order valence-corrected chi connectivity index (χ0v) is 32.1. The third kappa shape index (κ3) is 5.35. The molecule has 0 spiro atoms. The number of fused-ring (bicyclic) bond motifs is 6. The molecule has 0 radical (unpaired) electrons.